The maximum Gasteiger partial charge on any atom is 0.189 e. The minimum absolute atomic E-state index is 0.149. The number of carbonyl (C=O) groups is 1. The minimum Gasteiger partial charge on any atom is -0.497 e. The molecule has 0 aromatic heterocycles. The molecule has 100 valence electrons. The van der Waals surface area contributed by atoms with Gasteiger partial charge in [0, 0.05) is 17.6 Å². The molecule has 2 nitrogen and oxygen atoms in total. The van der Waals surface area contributed by atoms with Gasteiger partial charge in [0.1, 0.15) is 5.75 Å². The van der Waals surface area contributed by atoms with Crippen LogP contribution in [0.3, 0.4) is 0 Å². The lowest BCUT2D eigenvalue weighted by molar-refractivity contribution is 0.104. The lowest BCUT2D eigenvalue weighted by atomic mass is 10.1. The normalized spacial score (nSPS) is 15.5. The maximum atomic E-state index is 12.3. The number of rotatable bonds is 2. The summed E-state index contributed by atoms with van der Waals surface area (Å²) in [7, 11) is 1.65. The first-order chi connectivity index (χ1) is 9.67. The monoisotopic (exact) mass is 264 g/mol. The Morgan fingerprint density at radius 1 is 1.10 bits per heavy atom. The molecule has 0 unspecified atom stereocenters. The molecule has 0 bridgehead atoms. The van der Waals surface area contributed by atoms with Crippen molar-refractivity contribution in [1.29, 1.82) is 0 Å². The molecule has 1 aliphatic rings. The summed E-state index contributed by atoms with van der Waals surface area (Å²) in [4.78, 5) is 12.3. The summed E-state index contributed by atoms with van der Waals surface area (Å²) < 4.78 is 5.14. The highest BCUT2D eigenvalue weighted by atomic mass is 16.5. The SMILES string of the molecule is COc1ccc(/C=C2\Cc3cc(C)ccc3C2=O)cc1. The van der Waals surface area contributed by atoms with E-state index in [2.05, 4.69) is 13.0 Å². The molecule has 2 aromatic rings. The van der Waals surface area contributed by atoms with Crippen molar-refractivity contribution in [3.8, 4) is 5.75 Å². The molecule has 0 amide bonds. The molecule has 0 spiro atoms. The Labute approximate surface area is 118 Å². The fourth-order valence-corrected chi connectivity index (χ4v) is 2.57. The van der Waals surface area contributed by atoms with E-state index >= 15 is 0 Å². The molecule has 0 atom stereocenters. The zero-order valence-corrected chi connectivity index (χ0v) is 11.6. The summed E-state index contributed by atoms with van der Waals surface area (Å²) in [6.07, 6.45) is 2.69. The lowest BCUT2D eigenvalue weighted by Gasteiger charge is -2.00. The van der Waals surface area contributed by atoms with Crippen molar-refractivity contribution in [3.63, 3.8) is 0 Å². The highest BCUT2D eigenvalue weighted by Crippen LogP contribution is 2.28. The first-order valence-corrected chi connectivity index (χ1v) is 6.66. The van der Waals surface area contributed by atoms with Gasteiger partial charge in [-0.15, -0.1) is 0 Å². The predicted molar refractivity (Wildman–Crippen MR) is 80.2 cm³/mol. The van der Waals surface area contributed by atoms with Gasteiger partial charge in [0.25, 0.3) is 0 Å². The Hall–Kier alpha value is -2.35. The summed E-state index contributed by atoms with van der Waals surface area (Å²) in [5.74, 6) is 0.972. The van der Waals surface area contributed by atoms with Crippen LogP contribution in [0, 0.1) is 6.92 Å². The Morgan fingerprint density at radius 3 is 2.55 bits per heavy atom. The van der Waals surface area contributed by atoms with Gasteiger partial charge in [-0.3, -0.25) is 4.79 Å². The molecular formula is C18H16O2. The first-order valence-electron chi connectivity index (χ1n) is 6.66. The average molecular weight is 264 g/mol. The average Bonchev–Trinajstić information content (AvgIpc) is 2.75. The molecule has 0 saturated heterocycles. The van der Waals surface area contributed by atoms with Crippen LogP contribution in [-0.2, 0) is 6.42 Å². The van der Waals surface area contributed by atoms with Crippen LogP contribution in [-0.4, -0.2) is 12.9 Å². The molecule has 0 fully saturated rings. The van der Waals surface area contributed by atoms with Gasteiger partial charge in [-0.1, -0.05) is 35.9 Å². The summed E-state index contributed by atoms with van der Waals surface area (Å²) in [5, 5.41) is 0. The smallest absolute Gasteiger partial charge is 0.189 e. The number of hydrogen-bond donors (Lipinski definition) is 0. The number of carbonyl (C=O) groups excluding carboxylic acids is 1. The van der Waals surface area contributed by atoms with E-state index in [1.54, 1.807) is 7.11 Å². The van der Waals surface area contributed by atoms with E-state index in [0.717, 1.165) is 34.4 Å². The largest absolute Gasteiger partial charge is 0.497 e. The third kappa shape index (κ3) is 2.25. The quantitative estimate of drug-likeness (QED) is 0.771. The third-order valence-electron chi connectivity index (χ3n) is 3.63. The van der Waals surface area contributed by atoms with Crippen molar-refractivity contribution in [2.45, 2.75) is 13.3 Å². The Morgan fingerprint density at radius 2 is 1.85 bits per heavy atom. The number of methoxy groups -OCH3 is 1. The van der Waals surface area contributed by atoms with Gasteiger partial charge in [-0.2, -0.15) is 0 Å². The summed E-state index contributed by atoms with van der Waals surface area (Å²) in [6, 6.07) is 13.8. The molecular weight excluding hydrogens is 248 g/mol. The summed E-state index contributed by atoms with van der Waals surface area (Å²) in [6.45, 7) is 2.05. The van der Waals surface area contributed by atoms with Crippen LogP contribution in [0.4, 0.5) is 0 Å². The van der Waals surface area contributed by atoms with Gasteiger partial charge in [0.05, 0.1) is 7.11 Å². The minimum atomic E-state index is 0.149. The molecule has 0 N–H and O–H groups in total. The van der Waals surface area contributed by atoms with Gasteiger partial charge < -0.3 is 4.74 Å². The fourth-order valence-electron chi connectivity index (χ4n) is 2.57. The highest BCUT2D eigenvalue weighted by Gasteiger charge is 2.24. The summed E-state index contributed by atoms with van der Waals surface area (Å²) in [5.41, 5.74) is 5.06. The van der Waals surface area contributed by atoms with E-state index in [0.29, 0.717) is 0 Å². The molecule has 2 aromatic carbocycles. The van der Waals surface area contributed by atoms with E-state index in [1.165, 1.54) is 5.56 Å². The molecule has 1 aliphatic carbocycles. The second-order valence-corrected chi connectivity index (χ2v) is 5.11. The van der Waals surface area contributed by atoms with Crippen molar-refractivity contribution < 1.29 is 9.53 Å². The van der Waals surface area contributed by atoms with Crippen molar-refractivity contribution >= 4 is 11.9 Å². The van der Waals surface area contributed by atoms with Gasteiger partial charge >= 0.3 is 0 Å². The second kappa shape index (κ2) is 4.97. The van der Waals surface area contributed by atoms with Crippen molar-refractivity contribution in [3.05, 3.63) is 70.3 Å². The topological polar surface area (TPSA) is 26.3 Å². The number of allylic oxidation sites excluding steroid dienone is 1. The number of hydrogen-bond acceptors (Lipinski definition) is 2. The number of aryl methyl sites for hydroxylation is 1. The van der Waals surface area contributed by atoms with Gasteiger partial charge in [-0.25, -0.2) is 0 Å². The van der Waals surface area contributed by atoms with Crippen LogP contribution in [0.25, 0.3) is 6.08 Å². The van der Waals surface area contributed by atoms with E-state index in [1.807, 2.05) is 42.5 Å². The Bertz CT molecular complexity index is 694. The molecule has 0 aliphatic heterocycles. The number of ketones is 1. The van der Waals surface area contributed by atoms with E-state index in [4.69, 9.17) is 4.74 Å². The second-order valence-electron chi connectivity index (χ2n) is 5.11. The molecule has 0 radical (unpaired) electrons. The Kier molecular flexibility index (Phi) is 3.15. The molecule has 20 heavy (non-hydrogen) atoms. The Balaban J connectivity index is 1.92. The molecule has 0 heterocycles. The number of ether oxygens (including phenoxy) is 1. The predicted octanol–water partition coefficient (Wildman–Crippen LogP) is 3.83. The maximum absolute atomic E-state index is 12.3. The molecule has 2 heteroatoms. The first kappa shape index (κ1) is 12.7. The lowest BCUT2D eigenvalue weighted by Crippen LogP contribution is -1.95. The van der Waals surface area contributed by atoms with E-state index in [-0.39, 0.29) is 5.78 Å². The van der Waals surface area contributed by atoms with Gasteiger partial charge in [0.15, 0.2) is 5.78 Å². The fraction of sp³-hybridized carbons (Fsp3) is 0.167. The van der Waals surface area contributed by atoms with Crippen LogP contribution < -0.4 is 4.74 Å². The van der Waals surface area contributed by atoms with Gasteiger partial charge in [0.2, 0.25) is 0 Å². The van der Waals surface area contributed by atoms with E-state index < -0.39 is 0 Å². The number of Topliss-reactive ketones (excluding diaryl/α,β-unsaturated/α-hetero) is 1. The highest BCUT2D eigenvalue weighted by molar-refractivity contribution is 6.15. The standard InChI is InChI=1S/C18H16O2/c1-12-3-8-17-14(9-12)11-15(18(17)19)10-13-4-6-16(20-2)7-5-13/h3-10H,11H2,1-2H3/b15-10+. The van der Waals surface area contributed by atoms with Crippen LogP contribution >= 0.6 is 0 Å². The summed E-state index contributed by atoms with van der Waals surface area (Å²) >= 11 is 0. The van der Waals surface area contributed by atoms with Crippen LogP contribution in [0.15, 0.2) is 48.0 Å². The van der Waals surface area contributed by atoms with Crippen molar-refractivity contribution in [2.75, 3.05) is 7.11 Å². The van der Waals surface area contributed by atoms with Crippen LogP contribution in [0.2, 0.25) is 0 Å². The zero-order chi connectivity index (χ0) is 14.1. The number of benzene rings is 2. The van der Waals surface area contributed by atoms with Crippen molar-refractivity contribution in [2.24, 2.45) is 0 Å². The van der Waals surface area contributed by atoms with Gasteiger partial charge in [-0.05, 0) is 36.3 Å². The molecule has 0 saturated carbocycles. The zero-order valence-electron chi connectivity index (χ0n) is 11.6. The van der Waals surface area contributed by atoms with Crippen molar-refractivity contribution in [1.82, 2.24) is 0 Å². The van der Waals surface area contributed by atoms with Crippen LogP contribution in [0.1, 0.15) is 27.0 Å². The van der Waals surface area contributed by atoms with E-state index in [9.17, 15) is 4.79 Å². The van der Waals surface area contributed by atoms with Crippen LogP contribution in [0.5, 0.6) is 5.75 Å². The third-order valence-corrected chi connectivity index (χ3v) is 3.63. The molecule has 3 rings (SSSR count). The number of fused-ring (bicyclic) bond motifs is 1.